The van der Waals surface area contributed by atoms with Gasteiger partial charge in [-0.1, -0.05) is 24.3 Å². The molecule has 0 aliphatic carbocycles. The number of unbranched alkanes of at least 4 members (excludes halogenated alkanes) is 1. The number of carbonyl (C=O) groups excluding carboxylic acids is 1. The van der Waals surface area contributed by atoms with E-state index in [1.807, 2.05) is 37.3 Å². The molecule has 0 atom stereocenters. The maximum atomic E-state index is 12.8. The number of nitrogens with one attached hydrogen (secondary N) is 1. The van der Waals surface area contributed by atoms with Gasteiger partial charge in [-0.25, -0.2) is 4.98 Å². The Labute approximate surface area is 182 Å². The minimum Gasteiger partial charge on any atom is -0.451 e. The molecule has 150 valence electrons. The second kappa shape index (κ2) is 9.61. The Bertz CT molecular complexity index is 1080. The first-order valence-corrected chi connectivity index (χ1v) is 12.3. The summed E-state index contributed by atoms with van der Waals surface area (Å²) < 4.78 is 7.16. The van der Waals surface area contributed by atoms with Crippen molar-refractivity contribution < 1.29 is 9.21 Å². The van der Waals surface area contributed by atoms with Crippen molar-refractivity contribution in [2.45, 2.75) is 36.1 Å². The molecule has 0 unspecified atom stereocenters. The summed E-state index contributed by atoms with van der Waals surface area (Å²) in [5.74, 6) is 1.02. The van der Waals surface area contributed by atoms with Crippen LogP contribution < -0.4 is 5.32 Å². The third kappa shape index (κ3) is 5.10. The molecule has 1 aromatic carbocycles. The van der Waals surface area contributed by atoms with Crippen LogP contribution in [0.3, 0.4) is 0 Å². The van der Waals surface area contributed by atoms with Crippen molar-refractivity contribution >= 4 is 51.3 Å². The molecule has 0 radical (unpaired) electrons. The van der Waals surface area contributed by atoms with E-state index in [1.54, 1.807) is 34.4 Å². The van der Waals surface area contributed by atoms with E-state index in [4.69, 9.17) is 4.42 Å². The van der Waals surface area contributed by atoms with Gasteiger partial charge in [-0.3, -0.25) is 4.79 Å². The average Bonchev–Trinajstić information content (AvgIpc) is 3.46. The molecule has 4 rings (SSSR count). The summed E-state index contributed by atoms with van der Waals surface area (Å²) in [5, 5.41) is 9.35. The van der Waals surface area contributed by atoms with Gasteiger partial charge < -0.3 is 9.73 Å². The van der Waals surface area contributed by atoms with Gasteiger partial charge in [0.1, 0.15) is 5.58 Å². The summed E-state index contributed by atoms with van der Waals surface area (Å²) in [7, 11) is 0. The first kappa shape index (κ1) is 20.2. The lowest BCUT2D eigenvalue weighted by Gasteiger charge is -2.05. The second-order valence-electron chi connectivity index (χ2n) is 6.72. The molecule has 1 amide bonds. The summed E-state index contributed by atoms with van der Waals surface area (Å²) in [6.45, 7) is 2.65. The van der Waals surface area contributed by atoms with Crippen LogP contribution in [0.1, 0.15) is 39.7 Å². The van der Waals surface area contributed by atoms with Crippen molar-refractivity contribution in [1.82, 2.24) is 10.3 Å². The number of para-hydroxylation sites is 1. The van der Waals surface area contributed by atoms with Crippen LogP contribution in [-0.2, 0) is 12.2 Å². The fourth-order valence-corrected chi connectivity index (χ4v) is 5.75. The van der Waals surface area contributed by atoms with Crippen LogP contribution >= 0.6 is 34.4 Å². The number of thiophene rings is 1. The molecule has 0 spiro atoms. The second-order valence-corrected chi connectivity index (χ2v) is 9.89. The number of nitrogens with zero attached hydrogens (tertiary/aromatic N) is 1. The molecule has 0 bridgehead atoms. The molecule has 0 saturated heterocycles. The Morgan fingerprint density at radius 2 is 2.07 bits per heavy atom. The van der Waals surface area contributed by atoms with E-state index < -0.39 is 0 Å². The Morgan fingerprint density at radius 3 is 2.86 bits per heavy atom. The van der Waals surface area contributed by atoms with Crippen molar-refractivity contribution in [3.63, 3.8) is 0 Å². The Balaban J connectivity index is 1.37. The van der Waals surface area contributed by atoms with Gasteiger partial charge in [0.15, 0.2) is 5.76 Å². The van der Waals surface area contributed by atoms with E-state index in [2.05, 4.69) is 27.1 Å². The number of carbonyl (C=O) groups is 1. The van der Waals surface area contributed by atoms with Gasteiger partial charge >= 0.3 is 0 Å². The number of fused-ring (bicyclic) bond motifs is 1. The lowest BCUT2D eigenvalue weighted by molar-refractivity contribution is 0.0926. The minimum absolute atomic E-state index is 0.131. The molecule has 4 nitrogen and oxygen atoms in total. The first-order valence-electron chi connectivity index (χ1n) is 9.56. The number of aryl methyl sites for hydroxylation is 2. The van der Waals surface area contributed by atoms with Gasteiger partial charge in [-0.05, 0) is 43.7 Å². The van der Waals surface area contributed by atoms with Gasteiger partial charge in [0, 0.05) is 34.3 Å². The van der Waals surface area contributed by atoms with Crippen LogP contribution in [-0.4, -0.2) is 17.4 Å². The summed E-state index contributed by atoms with van der Waals surface area (Å²) in [6.07, 6.45) is 2.89. The highest BCUT2D eigenvalue weighted by atomic mass is 32.2. The van der Waals surface area contributed by atoms with E-state index in [9.17, 15) is 4.79 Å². The Kier molecular flexibility index (Phi) is 6.69. The van der Waals surface area contributed by atoms with Crippen molar-refractivity contribution in [1.29, 1.82) is 0 Å². The smallest absolute Gasteiger partial charge is 0.287 e. The molecule has 0 fully saturated rings. The standard InChI is InChI=1S/C22H22N2O2S3/c1-15-13-28-19(24-15)9-4-5-11-23-22(25)21-17(14-29-20-10-6-12-27-20)16-7-2-3-8-18(16)26-21/h2-3,6-8,10,12-13H,4-5,9,11,14H2,1H3,(H,23,25). The Hall–Kier alpha value is -2.09. The largest absolute Gasteiger partial charge is 0.451 e. The topological polar surface area (TPSA) is 55.1 Å². The van der Waals surface area contributed by atoms with Gasteiger partial charge in [0.25, 0.3) is 5.91 Å². The minimum atomic E-state index is -0.131. The number of hydrogen-bond acceptors (Lipinski definition) is 6. The van der Waals surface area contributed by atoms with Crippen LogP contribution in [0.2, 0.25) is 0 Å². The molecule has 0 saturated carbocycles. The number of furan rings is 1. The summed E-state index contributed by atoms with van der Waals surface area (Å²) in [4.78, 5) is 17.3. The molecular formula is C22H22N2O2S3. The van der Waals surface area contributed by atoms with Crippen molar-refractivity contribution in [3.8, 4) is 0 Å². The third-order valence-electron chi connectivity index (χ3n) is 4.53. The van der Waals surface area contributed by atoms with E-state index in [0.717, 1.165) is 41.5 Å². The van der Waals surface area contributed by atoms with Crippen LogP contribution in [0.25, 0.3) is 11.0 Å². The average molecular weight is 443 g/mol. The van der Waals surface area contributed by atoms with Crippen LogP contribution in [0.15, 0.2) is 55.8 Å². The maximum absolute atomic E-state index is 12.8. The van der Waals surface area contributed by atoms with E-state index >= 15 is 0 Å². The zero-order valence-corrected chi connectivity index (χ0v) is 18.6. The molecule has 29 heavy (non-hydrogen) atoms. The SMILES string of the molecule is Cc1csc(CCCCNC(=O)c2oc3ccccc3c2CSc2cccs2)n1. The van der Waals surface area contributed by atoms with Gasteiger partial charge in [0.05, 0.1) is 9.22 Å². The number of thiazole rings is 1. The summed E-state index contributed by atoms with van der Waals surface area (Å²) in [6, 6.07) is 12.0. The van der Waals surface area contributed by atoms with Gasteiger partial charge in [-0.15, -0.1) is 34.4 Å². The Morgan fingerprint density at radius 1 is 1.17 bits per heavy atom. The number of aromatic nitrogens is 1. The molecule has 0 aliphatic rings. The molecule has 7 heteroatoms. The molecule has 3 heterocycles. The molecule has 1 N–H and O–H groups in total. The number of hydrogen-bond donors (Lipinski definition) is 1. The lowest BCUT2D eigenvalue weighted by atomic mass is 10.1. The molecule has 3 aromatic heterocycles. The van der Waals surface area contributed by atoms with Crippen LogP contribution in [0, 0.1) is 6.92 Å². The summed E-state index contributed by atoms with van der Waals surface area (Å²) >= 11 is 5.15. The quantitative estimate of drug-likeness (QED) is 0.244. The highest BCUT2D eigenvalue weighted by molar-refractivity contribution is 8.00. The molecule has 4 aromatic rings. The zero-order chi connectivity index (χ0) is 20.1. The van der Waals surface area contributed by atoms with Crippen molar-refractivity contribution in [3.05, 3.63) is 69.2 Å². The normalized spacial score (nSPS) is 11.2. The van der Waals surface area contributed by atoms with Crippen molar-refractivity contribution in [2.75, 3.05) is 6.54 Å². The van der Waals surface area contributed by atoms with Gasteiger partial charge in [0.2, 0.25) is 0 Å². The highest BCUT2D eigenvalue weighted by Gasteiger charge is 2.20. The fraction of sp³-hybridized carbons (Fsp3) is 0.273. The zero-order valence-electron chi connectivity index (χ0n) is 16.1. The van der Waals surface area contributed by atoms with E-state index in [-0.39, 0.29) is 5.91 Å². The van der Waals surface area contributed by atoms with E-state index in [1.165, 1.54) is 9.22 Å². The number of benzene rings is 1. The van der Waals surface area contributed by atoms with Crippen LogP contribution in [0.4, 0.5) is 0 Å². The lowest BCUT2D eigenvalue weighted by Crippen LogP contribution is -2.25. The number of amides is 1. The van der Waals surface area contributed by atoms with Crippen molar-refractivity contribution in [2.24, 2.45) is 0 Å². The molecular weight excluding hydrogens is 420 g/mol. The monoisotopic (exact) mass is 442 g/mol. The summed E-state index contributed by atoms with van der Waals surface area (Å²) in [5.41, 5.74) is 2.81. The number of thioether (sulfide) groups is 1. The fourth-order valence-electron chi connectivity index (χ4n) is 3.12. The highest BCUT2D eigenvalue weighted by Crippen LogP contribution is 2.33. The van der Waals surface area contributed by atoms with Crippen LogP contribution in [0.5, 0.6) is 0 Å². The van der Waals surface area contributed by atoms with E-state index in [0.29, 0.717) is 18.1 Å². The first-order chi connectivity index (χ1) is 14.2. The predicted molar refractivity (Wildman–Crippen MR) is 122 cm³/mol. The number of rotatable bonds is 9. The maximum Gasteiger partial charge on any atom is 0.287 e. The third-order valence-corrected chi connectivity index (χ3v) is 7.71. The van der Waals surface area contributed by atoms with Gasteiger partial charge in [-0.2, -0.15) is 0 Å². The predicted octanol–water partition coefficient (Wildman–Crippen LogP) is 6.30. The molecule has 0 aliphatic heterocycles.